The zero-order valence-electron chi connectivity index (χ0n) is 10.5. The molecule has 0 aromatic rings. The summed E-state index contributed by atoms with van der Waals surface area (Å²) >= 11 is 0. The molecule has 1 heterocycles. The number of hydrogen-bond acceptors (Lipinski definition) is 6. The first kappa shape index (κ1) is 14.5. The van der Waals surface area contributed by atoms with Crippen LogP contribution in [-0.4, -0.2) is 43.7 Å². The van der Waals surface area contributed by atoms with Gasteiger partial charge in [-0.25, -0.2) is 0 Å². The van der Waals surface area contributed by atoms with Crippen LogP contribution in [0.15, 0.2) is 0 Å². The molecule has 6 nitrogen and oxygen atoms in total. The number of ether oxygens (including phenoxy) is 4. The Morgan fingerprint density at radius 3 is 2.22 bits per heavy atom. The lowest BCUT2D eigenvalue weighted by Gasteiger charge is -2.22. The SMILES string of the molecule is C#CC[C@H]1O[C@@H](OC)[C@H](OC(C)=O)[C@@H]1OC(C)=O. The normalized spacial score (nSPS) is 30.6. The van der Waals surface area contributed by atoms with Crippen LogP contribution in [-0.2, 0) is 28.5 Å². The van der Waals surface area contributed by atoms with Crippen molar-refractivity contribution in [2.24, 2.45) is 0 Å². The van der Waals surface area contributed by atoms with Crippen LogP contribution in [0.4, 0.5) is 0 Å². The van der Waals surface area contributed by atoms with Crippen LogP contribution in [0.3, 0.4) is 0 Å². The van der Waals surface area contributed by atoms with Gasteiger partial charge in [-0.15, -0.1) is 12.3 Å². The fourth-order valence-electron chi connectivity index (χ4n) is 1.81. The highest BCUT2D eigenvalue weighted by atomic mass is 16.7. The predicted molar refractivity (Wildman–Crippen MR) is 60.2 cm³/mol. The molecule has 6 heteroatoms. The second-order valence-corrected chi connectivity index (χ2v) is 3.83. The molecule has 1 rings (SSSR count). The lowest BCUT2D eigenvalue weighted by atomic mass is 10.1. The monoisotopic (exact) mass is 256 g/mol. The maximum absolute atomic E-state index is 11.1. The Bertz CT molecular complexity index is 358. The molecule has 0 N–H and O–H groups in total. The van der Waals surface area contributed by atoms with Crippen LogP contribution < -0.4 is 0 Å². The Kier molecular flexibility index (Phi) is 5.13. The maximum atomic E-state index is 11.1. The molecule has 1 fully saturated rings. The number of rotatable bonds is 4. The van der Waals surface area contributed by atoms with Crippen molar-refractivity contribution in [2.45, 2.75) is 44.9 Å². The van der Waals surface area contributed by atoms with Crippen LogP contribution in [0.2, 0.25) is 0 Å². The number of methoxy groups -OCH3 is 1. The van der Waals surface area contributed by atoms with Gasteiger partial charge in [-0.3, -0.25) is 9.59 Å². The number of hydrogen-bond donors (Lipinski definition) is 0. The third kappa shape index (κ3) is 3.45. The van der Waals surface area contributed by atoms with Crippen molar-refractivity contribution in [3.05, 3.63) is 0 Å². The van der Waals surface area contributed by atoms with Crippen molar-refractivity contribution in [3.8, 4) is 12.3 Å². The van der Waals surface area contributed by atoms with Gasteiger partial charge in [0, 0.05) is 27.4 Å². The van der Waals surface area contributed by atoms with E-state index < -0.39 is 36.5 Å². The Hall–Kier alpha value is -1.58. The molecule has 18 heavy (non-hydrogen) atoms. The van der Waals surface area contributed by atoms with E-state index in [0.717, 1.165) is 0 Å². The lowest BCUT2D eigenvalue weighted by Crippen LogP contribution is -2.40. The van der Waals surface area contributed by atoms with E-state index in [1.807, 2.05) is 0 Å². The summed E-state index contributed by atoms with van der Waals surface area (Å²) in [6.07, 6.45) is 2.54. The third-order valence-electron chi connectivity index (χ3n) is 2.42. The second kappa shape index (κ2) is 6.38. The van der Waals surface area contributed by atoms with Crippen LogP contribution in [0.25, 0.3) is 0 Å². The highest BCUT2D eigenvalue weighted by Crippen LogP contribution is 2.29. The quantitative estimate of drug-likeness (QED) is 0.530. The third-order valence-corrected chi connectivity index (χ3v) is 2.42. The number of carbonyl (C=O) groups excluding carboxylic acids is 2. The Balaban J connectivity index is 2.87. The van der Waals surface area contributed by atoms with Gasteiger partial charge in [-0.2, -0.15) is 0 Å². The van der Waals surface area contributed by atoms with E-state index in [1.165, 1.54) is 21.0 Å². The van der Waals surface area contributed by atoms with Crippen LogP contribution in [0.1, 0.15) is 20.3 Å². The molecule has 0 aliphatic carbocycles. The van der Waals surface area contributed by atoms with Crippen molar-refractivity contribution >= 4 is 11.9 Å². The number of terminal acetylenes is 1. The van der Waals surface area contributed by atoms with Crippen molar-refractivity contribution in [1.82, 2.24) is 0 Å². The van der Waals surface area contributed by atoms with Gasteiger partial charge >= 0.3 is 11.9 Å². The molecule has 0 bridgehead atoms. The average Bonchev–Trinajstić information content (AvgIpc) is 2.57. The van der Waals surface area contributed by atoms with Crippen LogP contribution in [0, 0.1) is 12.3 Å². The molecule has 0 spiro atoms. The summed E-state index contributed by atoms with van der Waals surface area (Å²) in [5, 5.41) is 0. The summed E-state index contributed by atoms with van der Waals surface area (Å²) in [4.78, 5) is 22.1. The van der Waals surface area contributed by atoms with E-state index in [0.29, 0.717) is 0 Å². The highest BCUT2D eigenvalue weighted by Gasteiger charge is 2.49. The van der Waals surface area contributed by atoms with E-state index in [1.54, 1.807) is 0 Å². The summed E-state index contributed by atoms with van der Waals surface area (Å²) < 4.78 is 20.7. The molecule has 4 atom stereocenters. The standard InChI is InChI=1S/C12H16O6/c1-5-6-9-10(16-7(2)13)11(17-8(3)14)12(15-4)18-9/h1,9-12H,6H2,2-4H3/t9-,10-,11-,12-/m1/s1. The molecule has 0 aromatic heterocycles. The van der Waals surface area contributed by atoms with E-state index >= 15 is 0 Å². The number of carbonyl (C=O) groups is 2. The van der Waals surface area contributed by atoms with Gasteiger partial charge in [0.15, 0.2) is 18.5 Å². The van der Waals surface area contributed by atoms with Crippen LogP contribution >= 0.6 is 0 Å². The summed E-state index contributed by atoms with van der Waals surface area (Å²) in [5.74, 6) is 1.41. The molecular weight excluding hydrogens is 240 g/mol. The average molecular weight is 256 g/mol. The Labute approximate surface area is 106 Å². The minimum absolute atomic E-state index is 0.232. The van der Waals surface area contributed by atoms with E-state index in [4.69, 9.17) is 25.4 Å². The Morgan fingerprint density at radius 2 is 1.78 bits per heavy atom. The summed E-state index contributed by atoms with van der Waals surface area (Å²) in [5.41, 5.74) is 0. The molecule has 100 valence electrons. The van der Waals surface area contributed by atoms with Crippen molar-refractivity contribution < 1.29 is 28.5 Å². The first-order valence-electron chi connectivity index (χ1n) is 5.45. The molecule has 1 saturated heterocycles. The summed E-state index contributed by atoms with van der Waals surface area (Å²) in [6, 6.07) is 0. The van der Waals surface area contributed by atoms with Gasteiger partial charge in [0.1, 0.15) is 6.10 Å². The topological polar surface area (TPSA) is 71.1 Å². The molecule has 0 radical (unpaired) electrons. The second-order valence-electron chi connectivity index (χ2n) is 3.83. The maximum Gasteiger partial charge on any atom is 0.303 e. The van der Waals surface area contributed by atoms with Gasteiger partial charge in [0.05, 0.1) is 0 Å². The zero-order valence-corrected chi connectivity index (χ0v) is 10.5. The predicted octanol–water partition coefficient (Wildman–Crippen LogP) is 0.244. The fourth-order valence-corrected chi connectivity index (χ4v) is 1.81. The molecule has 0 saturated carbocycles. The smallest absolute Gasteiger partial charge is 0.303 e. The van der Waals surface area contributed by atoms with Crippen molar-refractivity contribution in [3.63, 3.8) is 0 Å². The van der Waals surface area contributed by atoms with Crippen molar-refractivity contribution in [1.29, 1.82) is 0 Å². The minimum Gasteiger partial charge on any atom is -0.456 e. The Morgan fingerprint density at radius 1 is 1.22 bits per heavy atom. The zero-order chi connectivity index (χ0) is 13.7. The van der Waals surface area contributed by atoms with Gasteiger partial charge in [0.2, 0.25) is 0 Å². The van der Waals surface area contributed by atoms with Gasteiger partial charge in [0.25, 0.3) is 0 Å². The lowest BCUT2D eigenvalue weighted by molar-refractivity contribution is -0.180. The summed E-state index contributed by atoms with van der Waals surface area (Å²) in [7, 11) is 1.41. The molecular formula is C12H16O6. The largest absolute Gasteiger partial charge is 0.456 e. The van der Waals surface area contributed by atoms with Crippen LogP contribution in [0.5, 0.6) is 0 Å². The van der Waals surface area contributed by atoms with Crippen molar-refractivity contribution in [2.75, 3.05) is 7.11 Å². The molecule has 1 aliphatic heterocycles. The highest BCUT2D eigenvalue weighted by molar-refractivity contribution is 5.67. The molecule has 0 amide bonds. The number of esters is 2. The summed E-state index contributed by atoms with van der Waals surface area (Å²) in [6.45, 7) is 2.52. The minimum atomic E-state index is -0.810. The molecule has 0 unspecified atom stereocenters. The van der Waals surface area contributed by atoms with E-state index in [-0.39, 0.29) is 6.42 Å². The van der Waals surface area contributed by atoms with Gasteiger partial charge < -0.3 is 18.9 Å². The molecule has 0 aromatic carbocycles. The fraction of sp³-hybridized carbons (Fsp3) is 0.667. The molecule has 1 aliphatic rings. The van der Waals surface area contributed by atoms with Gasteiger partial charge in [-0.05, 0) is 0 Å². The van der Waals surface area contributed by atoms with Gasteiger partial charge in [-0.1, -0.05) is 0 Å². The first-order chi connectivity index (χ1) is 8.49. The van der Waals surface area contributed by atoms with E-state index in [2.05, 4.69) is 5.92 Å². The van der Waals surface area contributed by atoms with E-state index in [9.17, 15) is 9.59 Å². The first-order valence-corrected chi connectivity index (χ1v) is 5.45.